The van der Waals surface area contributed by atoms with Crippen LogP contribution < -0.4 is 5.73 Å². The lowest BCUT2D eigenvalue weighted by molar-refractivity contribution is -0.154. The number of rotatable bonds is 37. The summed E-state index contributed by atoms with van der Waals surface area (Å²) < 4.78 is 33.3. The van der Waals surface area contributed by atoms with Crippen LogP contribution in [0.25, 0.3) is 0 Å². The zero-order valence-corrected chi connectivity index (χ0v) is 31.4. The van der Waals surface area contributed by atoms with Crippen molar-refractivity contribution in [3.63, 3.8) is 0 Å². The Morgan fingerprint density at radius 1 is 0.638 bits per heavy atom. The normalized spacial score (nSPS) is 13.9. The highest BCUT2D eigenvalue weighted by Crippen LogP contribution is 2.43. The number of allylic oxidation sites excluding steroid dienone is 4. The molecule has 2 unspecified atom stereocenters. The number of phosphoric acid groups is 1. The lowest BCUT2D eigenvalue weighted by atomic mass is 10.1. The number of carbonyl (C=O) groups is 1. The summed E-state index contributed by atoms with van der Waals surface area (Å²) in [5.74, 6) is -0.343. The average molecular weight is 688 g/mol. The Morgan fingerprint density at radius 2 is 1.13 bits per heavy atom. The van der Waals surface area contributed by atoms with E-state index in [9.17, 15) is 14.3 Å². The van der Waals surface area contributed by atoms with E-state index in [1.807, 2.05) is 0 Å². The number of unbranched alkanes of at least 4 members (excludes halogenated alkanes) is 20. The predicted molar refractivity (Wildman–Crippen MR) is 197 cm³/mol. The number of carbonyl (C=O) groups excluding carboxylic acids is 1. The minimum absolute atomic E-state index is 0.0967. The molecule has 3 N–H and O–H groups in total. The molecular formula is C38H74NO7P. The van der Waals surface area contributed by atoms with E-state index >= 15 is 0 Å². The van der Waals surface area contributed by atoms with Gasteiger partial charge in [-0.2, -0.15) is 0 Å². The van der Waals surface area contributed by atoms with Gasteiger partial charge in [0.05, 0.1) is 19.8 Å². The second kappa shape index (κ2) is 36.3. The maximum atomic E-state index is 12.5. The molecule has 278 valence electrons. The number of hydrogen-bond donors (Lipinski definition) is 2. The zero-order valence-electron chi connectivity index (χ0n) is 30.5. The molecule has 0 rings (SSSR count). The van der Waals surface area contributed by atoms with Crippen LogP contribution in [0.5, 0.6) is 0 Å². The summed E-state index contributed by atoms with van der Waals surface area (Å²) in [4.78, 5) is 22.4. The molecule has 0 bridgehead atoms. The summed E-state index contributed by atoms with van der Waals surface area (Å²) >= 11 is 0. The van der Waals surface area contributed by atoms with Crippen molar-refractivity contribution in [3.8, 4) is 0 Å². The van der Waals surface area contributed by atoms with Gasteiger partial charge in [-0.25, -0.2) is 4.57 Å². The first-order chi connectivity index (χ1) is 22.9. The third-order valence-corrected chi connectivity index (χ3v) is 9.11. The Kier molecular flexibility index (Phi) is 35.5. The largest absolute Gasteiger partial charge is 0.472 e. The first-order valence-corrected chi connectivity index (χ1v) is 20.8. The average Bonchev–Trinajstić information content (AvgIpc) is 3.06. The van der Waals surface area contributed by atoms with Crippen molar-refractivity contribution in [1.82, 2.24) is 0 Å². The third kappa shape index (κ3) is 36.1. The van der Waals surface area contributed by atoms with E-state index in [2.05, 4.69) is 38.2 Å². The molecule has 0 saturated carbocycles. The van der Waals surface area contributed by atoms with Crippen LogP contribution >= 0.6 is 7.82 Å². The Hall–Kier alpha value is -1.02. The molecule has 0 spiro atoms. The first kappa shape index (κ1) is 46.0. The summed E-state index contributed by atoms with van der Waals surface area (Å²) in [7, 11) is -4.27. The van der Waals surface area contributed by atoms with Crippen LogP contribution in [0.2, 0.25) is 0 Å². The molecule has 0 aromatic heterocycles. The number of ether oxygens (including phenoxy) is 2. The quantitative estimate of drug-likeness (QED) is 0.0287. The van der Waals surface area contributed by atoms with Gasteiger partial charge in [0.2, 0.25) is 0 Å². The van der Waals surface area contributed by atoms with Crippen molar-refractivity contribution in [2.45, 2.75) is 180 Å². The summed E-state index contributed by atoms with van der Waals surface area (Å²) in [5.41, 5.74) is 5.35. The standard InChI is InChI=1S/C38H74NO7P/c1-3-5-7-9-11-13-15-17-18-19-20-21-23-25-27-29-31-38(40)46-37(36-45-47(41,42)44-34-32-39)35-43-33-30-28-26-24-22-16-14-12-10-8-6-4-2/h13,15,18-19,37H,3-12,14,16-17,20-36,39H2,1-2H3,(H,41,42)/b15-13-,19-18-. The lowest BCUT2D eigenvalue weighted by Crippen LogP contribution is -2.28. The van der Waals surface area contributed by atoms with Crippen LogP contribution in [0.15, 0.2) is 24.3 Å². The van der Waals surface area contributed by atoms with E-state index in [-0.39, 0.29) is 32.3 Å². The molecule has 0 aromatic rings. The number of phosphoric ester groups is 1. The van der Waals surface area contributed by atoms with E-state index in [1.54, 1.807) is 0 Å². The summed E-state index contributed by atoms with van der Waals surface area (Å²) in [6.07, 6.45) is 37.5. The predicted octanol–water partition coefficient (Wildman–Crippen LogP) is 10.9. The molecule has 8 nitrogen and oxygen atoms in total. The van der Waals surface area contributed by atoms with E-state index in [4.69, 9.17) is 24.3 Å². The summed E-state index contributed by atoms with van der Waals surface area (Å²) in [6.45, 7) is 4.89. The Morgan fingerprint density at radius 3 is 1.68 bits per heavy atom. The van der Waals surface area contributed by atoms with Crippen LogP contribution in [0.4, 0.5) is 0 Å². The molecule has 0 aliphatic rings. The molecule has 0 heterocycles. The van der Waals surface area contributed by atoms with Crippen LogP contribution in [-0.4, -0.2) is 49.9 Å². The summed E-state index contributed by atoms with van der Waals surface area (Å²) in [6, 6.07) is 0. The highest BCUT2D eigenvalue weighted by Gasteiger charge is 2.25. The monoisotopic (exact) mass is 688 g/mol. The molecule has 0 fully saturated rings. The van der Waals surface area contributed by atoms with E-state index in [0.29, 0.717) is 13.0 Å². The van der Waals surface area contributed by atoms with Gasteiger partial charge >= 0.3 is 13.8 Å². The van der Waals surface area contributed by atoms with Crippen molar-refractivity contribution >= 4 is 13.8 Å². The van der Waals surface area contributed by atoms with Crippen molar-refractivity contribution < 1.29 is 32.8 Å². The van der Waals surface area contributed by atoms with E-state index in [0.717, 1.165) is 57.8 Å². The fourth-order valence-electron chi connectivity index (χ4n) is 5.26. The van der Waals surface area contributed by atoms with Gasteiger partial charge in [-0.15, -0.1) is 0 Å². The van der Waals surface area contributed by atoms with Crippen LogP contribution in [0.1, 0.15) is 174 Å². The highest BCUT2D eigenvalue weighted by atomic mass is 31.2. The van der Waals surface area contributed by atoms with Gasteiger partial charge < -0.3 is 20.1 Å². The molecule has 9 heteroatoms. The number of hydrogen-bond acceptors (Lipinski definition) is 7. The smallest absolute Gasteiger partial charge is 0.457 e. The van der Waals surface area contributed by atoms with Gasteiger partial charge in [0, 0.05) is 19.6 Å². The maximum Gasteiger partial charge on any atom is 0.472 e. The van der Waals surface area contributed by atoms with Crippen LogP contribution in [0.3, 0.4) is 0 Å². The first-order valence-electron chi connectivity index (χ1n) is 19.3. The van der Waals surface area contributed by atoms with Gasteiger partial charge in [-0.05, 0) is 44.9 Å². The minimum atomic E-state index is -4.27. The SMILES string of the molecule is CCCCCC/C=C\C/C=C\CCCCCCCC(=O)OC(COCCCCCCCCCCCCCC)COP(=O)(O)OCCN. The van der Waals surface area contributed by atoms with Crippen molar-refractivity contribution in [2.24, 2.45) is 5.73 Å². The molecule has 0 aliphatic heterocycles. The molecule has 2 atom stereocenters. The number of nitrogens with two attached hydrogens (primary N) is 1. The van der Waals surface area contributed by atoms with Crippen molar-refractivity contribution in [3.05, 3.63) is 24.3 Å². The van der Waals surface area contributed by atoms with Crippen molar-refractivity contribution in [2.75, 3.05) is 33.0 Å². The molecule has 0 aromatic carbocycles. The second-order valence-corrected chi connectivity index (χ2v) is 14.2. The second-order valence-electron chi connectivity index (χ2n) is 12.8. The maximum absolute atomic E-state index is 12.5. The minimum Gasteiger partial charge on any atom is -0.457 e. The molecule has 0 saturated heterocycles. The fourth-order valence-corrected chi connectivity index (χ4v) is 6.03. The Balaban J connectivity index is 4.10. The molecule has 47 heavy (non-hydrogen) atoms. The summed E-state index contributed by atoms with van der Waals surface area (Å²) in [5, 5.41) is 0. The Bertz CT molecular complexity index is 777. The van der Waals surface area contributed by atoms with Gasteiger partial charge in [-0.3, -0.25) is 13.8 Å². The zero-order chi connectivity index (χ0) is 34.5. The van der Waals surface area contributed by atoms with Gasteiger partial charge in [0.15, 0.2) is 0 Å². The van der Waals surface area contributed by atoms with Gasteiger partial charge in [-0.1, -0.05) is 147 Å². The van der Waals surface area contributed by atoms with E-state index < -0.39 is 13.9 Å². The lowest BCUT2D eigenvalue weighted by Gasteiger charge is -2.20. The fraction of sp³-hybridized carbons (Fsp3) is 0.868. The third-order valence-electron chi connectivity index (χ3n) is 8.12. The van der Waals surface area contributed by atoms with E-state index in [1.165, 1.54) is 96.3 Å². The van der Waals surface area contributed by atoms with Gasteiger partial charge in [0.1, 0.15) is 6.10 Å². The molecule has 0 radical (unpaired) electrons. The van der Waals surface area contributed by atoms with Gasteiger partial charge in [0.25, 0.3) is 0 Å². The van der Waals surface area contributed by atoms with Crippen LogP contribution in [-0.2, 0) is 27.9 Å². The molecular weight excluding hydrogens is 613 g/mol. The molecule has 0 amide bonds. The highest BCUT2D eigenvalue weighted by molar-refractivity contribution is 7.47. The number of esters is 1. The Labute approximate surface area is 289 Å². The van der Waals surface area contributed by atoms with Crippen LogP contribution in [0, 0.1) is 0 Å². The molecule has 0 aliphatic carbocycles. The van der Waals surface area contributed by atoms with Crippen molar-refractivity contribution in [1.29, 1.82) is 0 Å². The topological polar surface area (TPSA) is 117 Å².